The predicted octanol–water partition coefficient (Wildman–Crippen LogP) is 3.38. The molecule has 1 N–H and O–H groups in total. The zero-order valence-electron chi connectivity index (χ0n) is 11.7. The van der Waals surface area contributed by atoms with Gasteiger partial charge in [0.1, 0.15) is 0 Å². The molecule has 98 valence electrons. The number of hydrogen-bond acceptors (Lipinski definition) is 3. The lowest BCUT2D eigenvalue weighted by molar-refractivity contribution is 0.292. The Kier molecular flexibility index (Phi) is 6.17. The van der Waals surface area contributed by atoms with Gasteiger partial charge in [-0.15, -0.1) is 11.3 Å². The topological polar surface area (TPSA) is 15.3 Å². The van der Waals surface area contributed by atoms with Crippen LogP contribution < -0.4 is 5.32 Å². The van der Waals surface area contributed by atoms with Crippen molar-refractivity contribution in [3.05, 3.63) is 22.4 Å². The molecule has 2 nitrogen and oxygen atoms in total. The average molecular weight is 254 g/mol. The van der Waals surface area contributed by atoms with E-state index in [1.54, 1.807) is 0 Å². The number of nitrogens with one attached hydrogen (secondary N) is 1. The smallest absolute Gasteiger partial charge is 0.0388 e. The fourth-order valence-corrected chi connectivity index (χ4v) is 2.92. The molecule has 0 saturated heterocycles. The molecule has 0 radical (unpaired) electrons. The third kappa shape index (κ3) is 5.66. The lowest BCUT2D eigenvalue weighted by Gasteiger charge is -2.27. The molecule has 0 aliphatic heterocycles. The largest absolute Gasteiger partial charge is 0.308 e. The van der Waals surface area contributed by atoms with E-state index < -0.39 is 0 Å². The Balaban J connectivity index is 2.52. The Bertz CT molecular complexity index is 283. The van der Waals surface area contributed by atoms with Gasteiger partial charge in [-0.05, 0) is 44.8 Å². The number of thiophene rings is 1. The van der Waals surface area contributed by atoms with Crippen molar-refractivity contribution in [2.24, 2.45) is 5.92 Å². The molecule has 2 unspecified atom stereocenters. The summed E-state index contributed by atoms with van der Waals surface area (Å²) in [7, 11) is 4.29. The van der Waals surface area contributed by atoms with E-state index in [9.17, 15) is 0 Å². The highest BCUT2D eigenvalue weighted by atomic mass is 32.1. The molecule has 1 aromatic heterocycles. The second kappa shape index (κ2) is 7.14. The third-order valence-electron chi connectivity index (χ3n) is 2.80. The molecule has 0 amide bonds. The molecular weight excluding hydrogens is 228 g/mol. The van der Waals surface area contributed by atoms with Gasteiger partial charge in [-0.25, -0.2) is 0 Å². The highest BCUT2D eigenvalue weighted by Gasteiger charge is 2.16. The lowest BCUT2D eigenvalue weighted by Crippen LogP contribution is -2.40. The SMILES string of the molecule is CC(C)CC(CN(C)C)NC(C)c1cccs1. The first kappa shape index (κ1) is 14.7. The van der Waals surface area contributed by atoms with Crippen LogP contribution in [0.25, 0.3) is 0 Å². The fraction of sp³-hybridized carbons (Fsp3) is 0.714. The van der Waals surface area contributed by atoms with Crippen LogP contribution in [0.5, 0.6) is 0 Å². The first-order valence-electron chi connectivity index (χ1n) is 6.43. The van der Waals surface area contributed by atoms with Crippen LogP contribution in [0.3, 0.4) is 0 Å². The van der Waals surface area contributed by atoms with E-state index in [1.165, 1.54) is 11.3 Å². The van der Waals surface area contributed by atoms with Crippen molar-refractivity contribution in [2.75, 3.05) is 20.6 Å². The van der Waals surface area contributed by atoms with E-state index in [2.05, 4.69) is 62.6 Å². The van der Waals surface area contributed by atoms with Crippen LogP contribution >= 0.6 is 11.3 Å². The second-order valence-corrected chi connectivity index (χ2v) is 6.47. The predicted molar refractivity (Wildman–Crippen MR) is 77.7 cm³/mol. The summed E-state index contributed by atoms with van der Waals surface area (Å²) in [6.07, 6.45) is 1.23. The summed E-state index contributed by atoms with van der Waals surface area (Å²) < 4.78 is 0. The van der Waals surface area contributed by atoms with E-state index in [0.717, 1.165) is 12.5 Å². The van der Waals surface area contributed by atoms with Gasteiger partial charge in [0.15, 0.2) is 0 Å². The Hall–Kier alpha value is -0.380. The highest BCUT2D eigenvalue weighted by molar-refractivity contribution is 7.10. The number of nitrogens with zero attached hydrogens (tertiary/aromatic N) is 1. The number of hydrogen-bond donors (Lipinski definition) is 1. The van der Waals surface area contributed by atoms with Crippen LogP contribution in [0, 0.1) is 5.92 Å². The Morgan fingerprint density at radius 1 is 1.29 bits per heavy atom. The van der Waals surface area contributed by atoms with Crippen LogP contribution in [0.2, 0.25) is 0 Å². The average Bonchev–Trinajstić information content (AvgIpc) is 2.67. The second-order valence-electron chi connectivity index (χ2n) is 5.49. The molecule has 0 saturated carbocycles. The molecule has 1 heterocycles. The molecule has 1 rings (SSSR count). The van der Waals surface area contributed by atoms with Crippen LogP contribution in [0.15, 0.2) is 17.5 Å². The summed E-state index contributed by atoms with van der Waals surface area (Å²) in [6.45, 7) is 7.95. The summed E-state index contributed by atoms with van der Waals surface area (Å²) in [5.41, 5.74) is 0. The van der Waals surface area contributed by atoms with Crippen LogP contribution in [-0.2, 0) is 0 Å². The minimum absolute atomic E-state index is 0.457. The Morgan fingerprint density at radius 3 is 2.47 bits per heavy atom. The maximum Gasteiger partial charge on any atom is 0.0388 e. The maximum absolute atomic E-state index is 3.75. The normalized spacial score (nSPS) is 15.5. The lowest BCUT2D eigenvalue weighted by atomic mass is 10.0. The molecule has 2 atom stereocenters. The molecule has 17 heavy (non-hydrogen) atoms. The molecule has 0 aliphatic carbocycles. The van der Waals surface area contributed by atoms with Crippen molar-refractivity contribution in [2.45, 2.75) is 39.3 Å². The van der Waals surface area contributed by atoms with Gasteiger partial charge < -0.3 is 10.2 Å². The molecule has 0 spiro atoms. The Morgan fingerprint density at radius 2 is 2.00 bits per heavy atom. The van der Waals surface area contributed by atoms with Gasteiger partial charge >= 0.3 is 0 Å². The molecule has 1 aromatic rings. The summed E-state index contributed by atoms with van der Waals surface area (Å²) in [5, 5.41) is 5.90. The highest BCUT2D eigenvalue weighted by Crippen LogP contribution is 2.20. The zero-order valence-corrected chi connectivity index (χ0v) is 12.6. The molecule has 0 aromatic carbocycles. The quantitative estimate of drug-likeness (QED) is 0.802. The van der Waals surface area contributed by atoms with Crippen LogP contribution in [-0.4, -0.2) is 31.6 Å². The van der Waals surface area contributed by atoms with Gasteiger partial charge in [-0.2, -0.15) is 0 Å². The van der Waals surface area contributed by atoms with Crippen molar-refractivity contribution < 1.29 is 0 Å². The van der Waals surface area contributed by atoms with E-state index in [4.69, 9.17) is 0 Å². The van der Waals surface area contributed by atoms with Crippen molar-refractivity contribution in [3.63, 3.8) is 0 Å². The Labute approximate surface area is 110 Å². The van der Waals surface area contributed by atoms with Gasteiger partial charge in [-0.1, -0.05) is 19.9 Å². The molecule has 0 bridgehead atoms. The molecule has 3 heteroatoms. The standard InChI is InChI=1S/C14H26N2S/c1-11(2)9-13(10-16(4)5)15-12(3)14-7-6-8-17-14/h6-8,11-13,15H,9-10H2,1-5H3. The van der Waals surface area contributed by atoms with Crippen molar-refractivity contribution in [1.82, 2.24) is 10.2 Å². The molecule has 0 aliphatic rings. The van der Waals surface area contributed by atoms with Crippen molar-refractivity contribution in [3.8, 4) is 0 Å². The fourth-order valence-electron chi connectivity index (χ4n) is 2.18. The number of rotatable bonds is 7. The summed E-state index contributed by atoms with van der Waals surface area (Å²) >= 11 is 1.83. The van der Waals surface area contributed by atoms with Gasteiger partial charge in [0.25, 0.3) is 0 Å². The molecular formula is C14H26N2S. The van der Waals surface area contributed by atoms with Crippen LogP contribution in [0.1, 0.15) is 38.1 Å². The van der Waals surface area contributed by atoms with Crippen molar-refractivity contribution in [1.29, 1.82) is 0 Å². The van der Waals surface area contributed by atoms with Gasteiger partial charge in [0.2, 0.25) is 0 Å². The monoisotopic (exact) mass is 254 g/mol. The molecule has 0 fully saturated rings. The summed E-state index contributed by atoms with van der Waals surface area (Å²) in [4.78, 5) is 3.69. The van der Waals surface area contributed by atoms with E-state index in [-0.39, 0.29) is 0 Å². The zero-order chi connectivity index (χ0) is 12.8. The van der Waals surface area contributed by atoms with Crippen LogP contribution in [0.4, 0.5) is 0 Å². The van der Waals surface area contributed by atoms with Crippen molar-refractivity contribution >= 4 is 11.3 Å². The van der Waals surface area contributed by atoms with Gasteiger partial charge in [0, 0.05) is 23.5 Å². The number of likely N-dealkylation sites (N-methyl/N-ethyl adjacent to an activating group) is 1. The van der Waals surface area contributed by atoms with Gasteiger partial charge in [0.05, 0.1) is 0 Å². The first-order chi connectivity index (χ1) is 7.99. The van der Waals surface area contributed by atoms with Gasteiger partial charge in [-0.3, -0.25) is 0 Å². The van der Waals surface area contributed by atoms with E-state index in [0.29, 0.717) is 12.1 Å². The summed E-state index contributed by atoms with van der Waals surface area (Å²) in [5.74, 6) is 0.739. The minimum atomic E-state index is 0.457. The maximum atomic E-state index is 3.75. The van der Waals surface area contributed by atoms with E-state index in [1.807, 2.05) is 11.3 Å². The first-order valence-corrected chi connectivity index (χ1v) is 7.31. The van der Waals surface area contributed by atoms with E-state index >= 15 is 0 Å². The summed E-state index contributed by atoms with van der Waals surface area (Å²) in [6, 6.07) is 5.37. The minimum Gasteiger partial charge on any atom is -0.308 e. The third-order valence-corrected chi connectivity index (χ3v) is 3.85.